The van der Waals surface area contributed by atoms with Gasteiger partial charge in [0.1, 0.15) is 5.69 Å². The van der Waals surface area contributed by atoms with Crippen molar-refractivity contribution in [1.82, 2.24) is 10.2 Å². The number of anilines is 1. The standard InChI is InChI=1S/C12H12BrN3O2S/c1-16(7-6-12(17)18)11-5-2-8(14-15-11)9-3-4-10(13)19-9/h2-5H,6-7H2,1H3,(H,17,18). The molecule has 0 atom stereocenters. The van der Waals surface area contributed by atoms with Crippen LogP contribution in [0.1, 0.15) is 6.42 Å². The zero-order valence-corrected chi connectivity index (χ0v) is 12.6. The number of rotatable bonds is 5. The minimum absolute atomic E-state index is 0.0812. The van der Waals surface area contributed by atoms with Gasteiger partial charge < -0.3 is 10.0 Å². The van der Waals surface area contributed by atoms with Gasteiger partial charge in [0.2, 0.25) is 0 Å². The van der Waals surface area contributed by atoms with Crippen molar-refractivity contribution < 1.29 is 9.90 Å². The lowest BCUT2D eigenvalue weighted by Gasteiger charge is -2.16. The first kappa shape index (κ1) is 14.0. The van der Waals surface area contributed by atoms with Crippen molar-refractivity contribution in [1.29, 1.82) is 0 Å². The average molecular weight is 342 g/mol. The van der Waals surface area contributed by atoms with Crippen molar-refractivity contribution in [2.24, 2.45) is 0 Å². The Morgan fingerprint density at radius 3 is 2.68 bits per heavy atom. The number of carboxylic acid groups (broad SMARTS) is 1. The molecule has 1 N–H and O–H groups in total. The fraction of sp³-hybridized carbons (Fsp3) is 0.250. The van der Waals surface area contributed by atoms with E-state index in [1.165, 1.54) is 0 Å². The summed E-state index contributed by atoms with van der Waals surface area (Å²) in [5.74, 6) is -0.152. The van der Waals surface area contributed by atoms with Gasteiger partial charge in [0, 0.05) is 13.6 Å². The predicted molar refractivity (Wildman–Crippen MR) is 78.6 cm³/mol. The van der Waals surface area contributed by atoms with Gasteiger partial charge in [-0.05, 0) is 40.2 Å². The van der Waals surface area contributed by atoms with Crippen molar-refractivity contribution in [2.75, 3.05) is 18.5 Å². The molecule has 0 aliphatic heterocycles. The number of hydrogen-bond acceptors (Lipinski definition) is 5. The van der Waals surface area contributed by atoms with Crippen LogP contribution in [0.25, 0.3) is 10.6 Å². The number of nitrogens with zero attached hydrogens (tertiary/aromatic N) is 3. The Bertz CT molecular complexity index is 571. The van der Waals surface area contributed by atoms with E-state index >= 15 is 0 Å². The first-order chi connectivity index (χ1) is 9.06. The molecule has 0 amide bonds. The highest BCUT2D eigenvalue weighted by molar-refractivity contribution is 9.11. The van der Waals surface area contributed by atoms with Crippen LogP contribution in [-0.2, 0) is 4.79 Å². The van der Waals surface area contributed by atoms with E-state index in [2.05, 4.69) is 26.1 Å². The van der Waals surface area contributed by atoms with E-state index in [0.717, 1.165) is 14.4 Å². The summed E-state index contributed by atoms with van der Waals surface area (Å²) in [7, 11) is 1.80. The molecule has 100 valence electrons. The van der Waals surface area contributed by atoms with Gasteiger partial charge in [-0.25, -0.2) is 0 Å². The molecule has 0 radical (unpaired) electrons. The number of aliphatic carboxylic acids is 1. The molecule has 0 fully saturated rings. The summed E-state index contributed by atoms with van der Waals surface area (Å²) in [6, 6.07) is 7.68. The van der Waals surface area contributed by atoms with Crippen LogP contribution < -0.4 is 4.90 Å². The number of carbonyl (C=O) groups is 1. The van der Waals surface area contributed by atoms with Crippen molar-refractivity contribution in [2.45, 2.75) is 6.42 Å². The molecule has 0 saturated heterocycles. The summed E-state index contributed by atoms with van der Waals surface area (Å²) in [6.45, 7) is 0.411. The van der Waals surface area contributed by atoms with Gasteiger partial charge in [0.05, 0.1) is 15.1 Å². The molecular weight excluding hydrogens is 330 g/mol. The van der Waals surface area contributed by atoms with Gasteiger partial charge in [0.25, 0.3) is 0 Å². The Labute approximate surface area is 123 Å². The minimum atomic E-state index is -0.820. The van der Waals surface area contributed by atoms with Gasteiger partial charge in [-0.3, -0.25) is 4.79 Å². The molecule has 2 aromatic heterocycles. The van der Waals surface area contributed by atoms with Crippen LogP contribution in [0, 0.1) is 0 Å². The normalized spacial score (nSPS) is 10.4. The Morgan fingerprint density at radius 2 is 2.16 bits per heavy atom. The monoisotopic (exact) mass is 341 g/mol. The SMILES string of the molecule is CN(CCC(=O)O)c1ccc(-c2ccc(Br)s2)nn1. The van der Waals surface area contributed by atoms with E-state index in [1.807, 2.05) is 24.3 Å². The maximum absolute atomic E-state index is 10.5. The minimum Gasteiger partial charge on any atom is -0.481 e. The third-order valence-corrected chi connectivity index (χ3v) is 4.17. The Balaban J connectivity index is 2.07. The lowest BCUT2D eigenvalue weighted by molar-refractivity contribution is -0.136. The predicted octanol–water partition coefficient (Wildman–Crippen LogP) is 2.88. The molecule has 0 aliphatic carbocycles. The second kappa shape index (κ2) is 6.12. The molecule has 0 aromatic carbocycles. The van der Waals surface area contributed by atoms with E-state index in [1.54, 1.807) is 23.3 Å². The molecule has 7 heteroatoms. The topological polar surface area (TPSA) is 66.3 Å². The van der Waals surface area contributed by atoms with E-state index in [9.17, 15) is 4.79 Å². The molecule has 2 heterocycles. The second-order valence-corrected chi connectivity index (χ2v) is 6.41. The molecule has 2 aromatic rings. The maximum atomic E-state index is 10.5. The molecule has 0 bridgehead atoms. The van der Waals surface area contributed by atoms with Crippen LogP contribution in [0.15, 0.2) is 28.1 Å². The second-order valence-electron chi connectivity index (χ2n) is 3.95. The highest BCUT2D eigenvalue weighted by Crippen LogP contribution is 2.30. The van der Waals surface area contributed by atoms with E-state index in [4.69, 9.17) is 5.11 Å². The third kappa shape index (κ3) is 3.74. The van der Waals surface area contributed by atoms with E-state index in [0.29, 0.717) is 12.4 Å². The number of aromatic nitrogens is 2. The first-order valence-electron chi connectivity index (χ1n) is 5.58. The van der Waals surface area contributed by atoms with Gasteiger partial charge in [-0.2, -0.15) is 0 Å². The number of halogens is 1. The summed E-state index contributed by atoms with van der Waals surface area (Å²) in [5.41, 5.74) is 0.811. The van der Waals surface area contributed by atoms with Crippen LogP contribution in [-0.4, -0.2) is 34.9 Å². The highest BCUT2D eigenvalue weighted by Gasteiger charge is 2.08. The first-order valence-corrected chi connectivity index (χ1v) is 7.19. The van der Waals surface area contributed by atoms with Crippen molar-refractivity contribution in [3.05, 3.63) is 28.1 Å². The zero-order valence-electron chi connectivity index (χ0n) is 10.2. The van der Waals surface area contributed by atoms with Crippen LogP contribution >= 0.6 is 27.3 Å². The fourth-order valence-electron chi connectivity index (χ4n) is 1.49. The molecule has 0 saturated carbocycles. The Morgan fingerprint density at radius 1 is 1.37 bits per heavy atom. The largest absolute Gasteiger partial charge is 0.481 e. The van der Waals surface area contributed by atoms with E-state index in [-0.39, 0.29) is 6.42 Å². The molecular formula is C12H12BrN3O2S. The number of hydrogen-bond donors (Lipinski definition) is 1. The summed E-state index contributed by atoms with van der Waals surface area (Å²) >= 11 is 5.00. The van der Waals surface area contributed by atoms with Crippen molar-refractivity contribution in [3.63, 3.8) is 0 Å². The smallest absolute Gasteiger partial charge is 0.305 e. The number of carboxylic acids is 1. The van der Waals surface area contributed by atoms with E-state index < -0.39 is 5.97 Å². The average Bonchev–Trinajstić information content (AvgIpc) is 2.83. The maximum Gasteiger partial charge on any atom is 0.305 e. The van der Waals surface area contributed by atoms with Gasteiger partial charge >= 0.3 is 5.97 Å². The molecule has 0 aliphatic rings. The molecule has 0 spiro atoms. The summed E-state index contributed by atoms with van der Waals surface area (Å²) in [6.07, 6.45) is 0.0812. The third-order valence-electron chi connectivity index (χ3n) is 2.53. The summed E-state index contributed by atoms with van der Waals surface area (Å²) in [5, 5.41) is 16.9. The lowest BCUT2D eigenvalue weighted by atomic mass is 10.3. The van der Waals surface area contributed by atoms with Crippen LogP contribution in [0.3, 0.4) is 0 Å². The van der Waals surface area contributed by atoms with Crippen molar-refractivity contribution >= 4 is 39.1 Å². The molecule has 0 unspecified atom stereocenters. The fourth-order valence-corrected chi connectivity index (χ4v) is 2.84. The molecule has 5 nitrogen and oxygen atoms in total. The van der Waals surface area contributed by atoms with Crippen LogP contribution in [0.4, 0.5) is 5.82 Å². The summed E-state index contributed by atoms with van der Waals surface area (Å²) < 4.78 is 1.05. The molecule has 2 rings (SSSR count). The van der Waals surface area contributed by atoms with Gasteiger partial charge in [0.15, 0.2) is 5.82 Å². The van der Waals surface area contributed by atoms with Crippen LogP contribution in [0.5, 0.6) is 0 Å². The van der Waals surface area contributed by atoms with Gasteiger partial charge in [-0.1, -0.05) is 0 Å². The zero-order chi connectivity index (χ0) is 13.8. The number of thiophene rings is 1. The highest BCUT2D eigenvalue weighted by atomic mass is 79.9. The molecule has 19 heavy (non-hydrogen) atoms. The Kier molecular flexibility index (Phi) is 4.49. The van der Waals surface area contributed by atoms with Gasteiger partial charge in [-0.15, -0.1) is 21.5 Å². The quantitative estimate of drug-likeness (QED) is 0.905. The van der Waals surface area contributed by atoms with Crippen LogP contribution in [0.2, 0.25) is 0 Å². The van der Waals surface area contributed by atoms with Crippen molar-refractivity contribution in [3.8, 4) is 10.6 Å². The Hall–Kier alpha value is -1.47. The lowest BCUT2D eigenvalue weighted by Crippen LogP contribution is -2.22. The summed E-state index contributed by atoms with van der Waals surface area (Å²) in [4.78, 5) is 13.3.